The summed E-state index contributed by atoms with van der Waals surface area (Å²) in [5, 5.41) is 0. The van der Waals surface area contributed by atoms with Gasteiger partial charge in [0, 0.05) is 25.8 Å². The van der Waals surface area contributed by atoms with Crippen LogP contribution in [0.15, 0.2) is 48.5 Å². The zero-order chi connectivity index (χ0) is 15.3. The molecule has 0 saturated carbocycles. The highest BCUT2D eigenvalue weighted by molar-refractivity contribution is 5.47. The van der Waals surface area contributed by atoms with Crippen molar-refractivity contribution in [2.24, 2.45) is 0 Å². The lowest BCUT2D eigenvalue weighted by atomic mass is 9.96. The molecule has 0 N–H and O–H groups in total. The maximum Gasteiger partial charge on any atom is 0.225 e. The van der Waals surface area contributed by atoms with Crippen LogP contribution in [-0.4, -0.2) is 28.4 Å². The molecule has 2 aromatic rings. The Morgan fingerprint density at radius 1 is 0.762 bits per heavy atom. The van der Waals surface area contributed by atoms with E-state index in [0.717, 1.165) is 11.1 Å². The Bertz CT molecular complexity index is 577. The van der Waals surface area contributed by atoms with Crippen LogP contribution in [0.1, 0.15) is 11.1 Å². The van der Waals surface area contributed by atoms with E-state index in [1.54, 1.807) is 28.4 Å². The van der Waals surface area contributed by atoms with Gasteiger partial charge in [-0.2, -0.15) is 0 Å². The van der Waals surface area contributed by atoms with Crippen molar-refractivity contribution in [1.29, 1.82) is 0 Å². The predicted molar refractivity (Wildman–Crippen MR) is 80.8 cm³/mol. The van der Waals surface area contributed by atoms with Gasteiger partial charge in [0.05, 0.1) is 19.8 Å². The van der Waals surface area contributed by atoms with Crippen molar-refractivity contribution >= 4 is 0 Å². The third-order valence-electron chi connectivity index (χ3n) is 3.49. The zero-order valence-corrected chi connectivity index (χ0v) is 12.8. The van der Waals surface area contributed by atoms with Gasteiger partial charge in [-0.05, 0) is 12.1 Å². The van der Waals surface area contributed by atoms with Gasteiger partial charge in [-0.15, -0.1) is 0 Å². The smallest absolute Gasteiger partial charge is 0.225 e. The Kier molecular flexibility index (Phi) is 4.83. The molecule has 0 unspecified atom stereocenters. The first kappa shape index (κ1) is 15.4. The van der Waals surface area contributed by atoms with Crippen LogP contribution in [0.5, 0.6) is 11.5 Å². The molecule has 0 saturated heterocycles. The number of hydrogen-bond donors (Lipinski definition) is 0. The Balaban J connectivity index is 2.63. The van der Waals surface area contributed by atoms with Crippen molar-refractivity contribution in [2.75, 3.05) is 28.4 Å². The fraction of sp³-hybridized carbons (Fsp3) is 0.294. The average molecular weight is 288 g/mol. The molecule has 0 aliphatic rings. The fourth-order valence-electron chi connectivity index (χ4n) is 2.42. The second kappa shape index (κ2) is 6.61. The highest BCUT2D eigenvalue weighted by Crippen LogP contribution is 2.40. The van der Waals surface area contributed by atoms with Gasteiger partial charge in [0.1, 0.15) is 11.5 Å². The van der Waals surface area contributed by atoms with Crippen LogP contribution in [0.3, 0.4) is 0 Å². The van der Waals surface area contributed by atoms with Gasteiger partial charge < -0.3 is 18.9 Å². The van der Waals surface area contributed by atoms with Crippen molar-refractivity contribution in [1.82, 2.24) is 0 Å². The van der Waals surface area contributed by atoms with Crippen LogP contribution < -0.4 is 9.47 Å². The number of methoxy groups -OCH3 is 4. The van der Waals surface area contributed by atoms with E-state index >= 15 is 0 Å². The van der Waals surface area contributed by atoms with E-state index in [2.05, 4.69) is 0 Å². The first-order valence-corrected chi connectivity index (χ1v) is 6.60. The average Bonchev–Trinajstić information content (AvgIpc) is 2.57. The maximum atomic E-state index is 5.73. The van der Waals surface area contributed by atoms with Crippen LogP contribution in [-0.2, 0) is 15.3 Å². The summed E-state index contributed by atoms with van der Waals surface area (Å²) in [5.74, 6) is 0.325. The number of hydrogen-bond acceptors (Lipinski definition) is 4. The van der Waals surface area contributed by atoms with Crippen molar-refractivity contribution in [3.8, 4) is 11.5 Å². The second-order valence-electron chi connectivity index (χ2n) is 4.46. The highest BCUT2D eigenvalue weighted by atomic mass is 16.7. The largest absolute Gasteiger partial charge is 0.497 e. The Morgan fingerprint density at radius 2 is 1.43 bits per heavy atom. The molecule has 2 rings (SSSR count). The van der Waals surface area contributed by atoms with Gasteiger partial charge in [-0.25, -0.2) is 0 Å². The van der Waals surface area contributed by atoms with Crippen LogP contribution in [0.2, 0.25) is 0 Å². The molecule has 0 amide bonds. The molecule has 0 aliphatic carbocycles. The molecule has 0 bridgehead atoms. The van der Waals surface area contributed by atoms with E-state index in [9.17, 15) is 0 Å². The van der Waals surface area contributed by atoms with E-state index in [0.29, 0.717) is 11.5 Å². The normalized spacial score (nSPS) is 11.2. The SMILES string of the molecule is COc1ccc(C(OC)(OC)c2ccccc2)c(OC)c1. The van der Waals surface area contributed by atoms with E-state index < -0.39 is 5.79 Å². The molecule has 0 spiro atoms. The van der Waals surface area contributed by atoms with E-state index in [4.69, 9.17) is 18.9 Å². The standard InChI is InChI=1S/C17H20O4/c1-18-14-10-11-15(16(12-14)19-2)17(20-3,21-4)13-8-6-5-7-9-13/h5-12H,1-4H3. The van der Waals surface area contributed by atoms with Crippen molar-refractivity contribution in [2.45, 2.75) is 5.79 Å². The lowest BCUT2D eigenvalue weighted by Gasteiger charge is -2.33. The number of benzene rings is 2. The minimum atomic E-state index is -1.03. The van der Waals surface area contributed by atoms with E-state index in [1.165, 1.54) is 0 Å². The fourth-order valence-corrected chi connectivity index (χ4v) is 2.42. The van der Waals surface area contributed by atoms with E-state index in [1.807, 2.05) is 48.5 Å². The minimum Gasteiger partial charge on any atom is -0.497 e. The van der Waals surface area contributed by atoms with Crippen molar-refractivity contribution in [3.05, 3.63) is 59.7 Å². The van der Waals surface area contributed by atoms with Gasteiger partial charge in [-0.1, -0.05) is 30.3 Å². The molecule has 0 heterocycles. The molecule has 21 heavy (non-hydrogen) atoms. The number of rotatable bonds is 6. The Hall–Kier alpha value is -2.04. The van der Waals surface area contributed by atoms with Gasteiger partial charge in [0.2, 0.25) is 5.79 Å². The Labute approximate surface area is 125 Å². The lowest BCUT2D eigenvalue weighted by molar-refractivity contribution is -0.184. The first-order chi connectivity index (χ1) is 10.2. The summed E-state index contributed by atoms with van der Waals surface area (Å²) in [6.45, 7) is 0. The summed E-state index contributed by atoms with van der Waals surface area (Å²) in [5.41, 5.74) is 1.67. The molecule has 4 heteroatoms. The first-order valence-electron chi connectivity index (χ1n) is 6.60. The monoisotopic (exact) mass is 288 g/mol. The quantitative estimate of drug-likeness (QED) is 0.765. The molecular weight excluding hydrogens is 268 g/mol. The lowest BCUT2D eigenvalue weighted by Crippen LogP contribution is -2.32. The topological polar surface area (TPSA) is 36.9 Å². The molecule has 0 radical (unpaired) electrons. The van der Waals surface area contributed by atoms with Crippen LogP contribution >= 0.6 is 0 Å². The van der Waals surface area contributed by atoms with Gasteiger partial charge >= 0.3 is 0 Å². The molecule has 0 aromatic heterocycles. The maximum absolute atomic E-state index is 5.73. The van der Waals surface area contributed by atoms with Crippen LogP contribution in [0.4, 0.5) is 0 Å². The minimum absolute atomic E-state index is 0.641. The summed E-state index contributed by atoms with van der Waals surface area (Å²) in [6, 6.07) is 15.3. The summed E-state index contributed by atoms with van der Waals surface area (Å²) < 4.78 is 22.2. The van der Waals surface area contributed by atoms with Gasteiger partial charge in [0.15, 0.2) is 0 Å². The van der Waals surface area contributed by atoms with Gasteiger partial charge in [-0.3, -0.25) is 0 Å². The summed E-state index contributed by atoms with van der Waals surface area (Å²) in [7, 11) is 6.45. The molecule has 0 fully saturated rings. The molecular formula is C17H20O4. The molecule has 0 aliphatic heterocycles. The molecule has 112 valence electrons. The Morgan fingerprint density at radius 3 is 1.95 bits per heavy atom. The van der Waals surface area contributed by atoms with E-state index in [-0.39, 0.29) is 0 Å². The van der Waals surface area contributed by atoms with Crippen molar-refractivity contribution < 1.29 is 18.9 Å². The molecule has 2 aromatic carbocycles. The second-order valence-corrected chi connectivity index (χ2v) is 4.46. The molecule has 4 nitrogen and oxygen atoms in total. The predicted octanol–water partition coefficient (Wildman–Crippen LogP) is 3.20. The summed E-state index contributed by atoms with van der Waals surface area (Å²) in [6.07, 6.45) is 0. The summed E-state index contributed by atoms with van der Waals surface area (Å²) >= 11 is 0. The van der Waals surface area contributed by atoms with Crippen LogP contribution in [0, 0.1) is 0 Å². The molecule has 0 atom stereocenters. The zero-order valence-electron chi connectivity index (χ0n) is 12.8. The third-order valence-corrected chi connectivity index (χ3v) is 3.49. The highest BCUT2D eigenvalue weighted by Gasteiger charge is 2.37. The van der Waals surface area contributed by atoms with Crippen LogP contribution in [0.25, 0.3) is 0 Å². The van der Waals surface area contributed by atoms with Gasteiger partial charge in [0.25, 0.3) is 0 Å². The van der Waals surface area contributed by atoms with Crippen molar-refractivity contribution in [3.63, 3.8) is 0 Å². The summed E-state index contributed by atoms with van der Waals surface area (Å²) in [4.78, 5) is 0. The third kappa shape index (κ3) is 2.73. The number of ether oxygens (including phenoxy) is 4.